The average molecular weight is 216 g/mol. The molecule has 1 nitrogen and oxygen atoms in total. The van der Waals surface area contributed by atoms with E-state index in [1.807, 2.05) is 6.07 Å². The van der Waals surface area contributed by atoms with Gasteiger partial charge in [-0.15, -0.1) is 0 Å². The minimum Gasteiger partial charge on any atom is -1.00 e. The maximum atomic E-state index is 3.86. The van der Waals surface area contributed by atoms with Gasteiger partial charge in [0.25, 0.3) is 0 Å². The van der Waals surface area contributed by atoms with Crippen LogP contribution in [-0.4, -0.2) is 6.54 Å². The number of rotatable bonds is 2. The Bertz CT molecular complexity index is 186. The highest BCUT2D eigenvalue weighted by atomic mass is 79.9. The van der Waals surface area contributed by atoms with Crippen molar-refractivity contribution in [2.24, 2.45) is 0 Å². The fourth-order valence-corrected chi connectivity index (χ4v) is 0.948. The molecule has 0 aliphatic rings. The van der Waals surface area contributed by atoms with Crippen molar-refractivity contribution in [3.63, 3.8) is 0 Å². The Morgan fingerprint density at radius 1 is 1.27 bits per heavy atom. The van der Waals surface area contributed by atoms with Gasteiger partial charge >= 0.3 is 0 Å². The first-order valence-electron chi connectivity index (χ1n) is 3.68. The normalized spacial score (nSPS) is 11.8. The van der Waals surface area contributed by atoms with Crippen molar-refractivity contribution in [2.75, 3.05) is 6.54 Å². The van der Waals surface area contributed by atoms with Gasteiger partial charge < -0.3 is 22.7 Å². The van der Waals surface area contributed by atoms with Gasteiger partial charge in [0, 0.05) is 5.92 Å². The molecule has 62 valence electrons. The molecular formula is C9H14BrN. The first-order chi connectivity index (χ1) is 4.84. The van der Waals surface area contributed by atoms with Crippen LogP contribution in [0.2, 0.25) is 0 Å². The van der Waals surface area contributed by atoms with E-state index in [1.54, 1.807) is 0 Å². The van der Waals surface area contributed by atoms with Crippen molar-refractivity contribution in [2.45, 2.75) is 12.8 Å². The molecule has 1 atom stereocenters. The van der Waals surface area contributed by atoms with Gasteiger partial charge in [-0.05, 0) is 5.56 Å². The first kappa shape index (κ1) is 10.7. The summed E-state index contributed by atoms with van der Waals surface area (Å²) in [4.78, 5) is 0. The van der Waals surface area contributed by atoms with Gasteiger partial charge in [-0.25, -0.2) is 0 Å². The summed E-state index contributed by atoms with van der Waals surface area (Å²) in [5.74, 6) is 0.598. The predicted octanol–water partition coefficient (Wildman–Crippen LogP) is -1.96. The summed E-state index contributed by atoms with van der Waals surface area (Å²) in [5.41, 5.74) is 5.25. The SMILES string of the molecule is C[C@@H](C[NH3+])c1ccccc1.[Br-]. The summed E-state index contributed by atoms with van der Waals surface area (Å²) < 4.78 is 0. The minimum absolute atomic E-state index is 0. The Labute approximate surface area is 78.4 Å². The average Bonchev–Trinajstić information content (AvgIpc) is 2.05. The second-order valence-electron chi connectivity index (χ2n) is 2.60. The summed E-state index contributed by atoms with van der Waals surface area (Å²) >= 11 is 0. The van der Waals surface area contributed by atoms with E-state index in [4.69, 9.17) is 0 Å². The summed E-state index contributed by atoms with van der Waals surface area (Å²) in [6, 6.07) is 10.5. The zero-order valence-corrected chi connectivity index (χ0v) is 8.34. The summed E-state index contributed by atoms with van der Waals surface area (Å²) in [7, 11) is 0. The smallest absolute Gasteiger partial charge is 0.0806 e. The van der Waals surface area contributed by atoms with Gasteiger partial charge in [0.05, 0.1) is 6.54 Å². The summed E-state index contributed by atoms with van der Waals surface area (Å²) in [6.45, 7) is 3.17. The van der Waals surface area contributed by atoms with Crippen LogP contribution in [0.4, 0.5) is 0 Å². The maximum Gasteiger partial charge on any atom is 0.0806 e. The van der Waals surface area contributed by atoms with Gasteiger partial charge in [-0.1, -0.05) is 37.3 Å². The van der Waals surface area contributed by atoms with Crippen LogP contribution in [0.25, 0.3) is 0 Å². The molecule has 0 heterocycles. The van der Waals surface area contributed by atoms with Crippen LogP contribution in [0.3, 0.4) is 0 Å². The molecule has 2 heteroatoms. The topological polar surface area (TPSA) is 27.6 Å². The fourth-order valence-electron chi connectivity index (χ4n) is 0.948. The lowest BCUT2D eigenvalue weighted by Gasteiger charge is -2.04. The molecule has 0 aromatic heterocycles. The molecule has 1 aromatic rings. The number of quaternary nitrogens is 1. The molecule has 0 bridgehead atoms. The molecule has 0 radical (unpaired) electrons. The zero-order chi connectivity index (χ0) is 7.40. The summed E-state index contributed by atoms with van der Waals surface area (Å²) in [5, 5.41) is 0. The second kappa shape index (κ2) is 5.33. The van der Waals surface area contributed by atoms with Crippen molar-refractivity contribution >= 4 is 0 Å². The number of benzene rings is 1. The van der Waals surface area contributed by atoms with Gasteiger partial charge in [-0.3, -0.25) is 0 Å². The molecule has 0 aliphatic heterocycles. The highest BCUT2D eigenvalue weighted by Crippen LogP contribution is 2.10. The third-order valence-corrected chi connectivity index (χ3v) is 1.80. The highest BCUT2D eigenvalue weighted by molar-refractivity contribution is 5.18. The summed E-state index contributed by atoms with van der Waals surface area (Å²) in [6.07, 6.45) is 0. The van der Waals surface area contributed by atoms with Crippen molar-refractivity contribution in [3.05, 3.63) is 35.9 Å². The molecule has 0 saturated carbocycles. The lowest BCUT2D eigenvalue weighted by atomic mass is 10.0. The Morgan fingerprint density at radius 3 is 2.27 bits per heavy atom. The van der Waals surface area contributed by atoms with Crippen LogP contribution in [0.5, 0.6) is 0 Å². The highest BCUT2D eigenvalue weighted by Gasteiger charge is 2.01. The predicted molar refractivity (Wildman–Crippen MR) is 42.6 cm³/mol. The van der Waals surface area contributed by atoms with E-state index in [0.717, 1.165) is 6.54 Å². The third-order valence-electron chi connectivity index (χ3n) is 1.80. The Morgan fingerprint density at radius 2 is 1.82 bits per heavy atom. The second-order valence-corrected chi connectivity index (χ2v) is 2.60. The molecule has 1 rings (SSSR count). The monoisotopic (exact) mass is 215 g/mol. The van der Waals surface area contributed by atoms with Crippen molar-refractivity contribution in [1.82, 2.24) is 0 Å². The van der Waals surface area contributed by atoms with Crippen LogP contribution in [-0.2, 0) is 0 Å². The molecule has 0 unspecified atom stereocenters. The van der Waals surface area contributed by atoms with Crippen LogP contribution in [0, 0.1) is 0 Å². The largest absolute Gasteiger partial charge is 1.00 e. The molecule has 1 aromatic carbocycles. The van der Waals surface area contributed by atoms with E-state index in [1.165, 1.54) is 5.56 Å². The minimum atomic E-state index is 0. The van der Waals surface area contributed by atoms with Crippen LogP contribution >= 0.6 is 0 Å². The van der Waals surface area contributed by atoms with E-state index in [2.05, 4.69) is 36.9 Å². The Hall–Kier alpha value is -0.340. The van der Waals surface area contributed by atoms with Crippen molar-refractivity contribution in [3.8, 4) is 0 Å². The Balaban J connectivity index is 0.000001000. The van der Waals surface area contributed by atoms with E-state index in [-0.39, 0.29) is 17.0 Å². The molecule has 0 amide bonds. The van der Waals surface area contributed by atoms with Crippen LogP contribution in [0.1, 0.15) is 18.4 Å². The molecule has 11 heavy (non-hydrogen) atoms. The van der Waals surface area contributed by atoms with Gasteiger partial charge in [0.2, 0.25) is 0 Å². The molecular weight excluding hydrogens is 202 g/mol. The molecule has 0 fully saturated rings. The number of hydrogen-bond acceptors (Lipinski definition) is 0. The molecule has 0 spiro atoms. The van der Waals surface area contributed by atoms with Gasteiger partial charge in [0.1, 0.15) is 0 Å². The standard InChI is InChI=1S/C9H13N.BrH/c1-8(7-10)9-5-3-2-4-6-9;/h2-6,8H,7,10H2,1H3;1H/t8-;/m0./s1. The van der Waals surface area contributed by atoms with Gasteiger partial charge in [0.15, 0.2) is 0 Å². The van der Waals surface area contributed by atoms with E-state index in [0.29, 0.717) is 5.92 Å². The molecule has 3 N–H and O–H groups in total. The fraction of sp³-hybridized carbons (Fsp3) is 0.333. The van der Waals surface area contributed by atoms with Crippen LogP contribution in [0.15, 0.2) is 30.3 Å². The van der Waals surface area contributed by atoms with E-state index in [9.17, 15) is 0 Å². The maximum absolute atomic E-state index is 3.86. The van der Waals surface area contributed by atoms with E-state index >= 15 is 0 Å². The Kier molecular flexibility index (Phi) is 5.16. The lowest BCUT2D eigenvalue weighted by molar-refractivity contribution is -0.371. The third kappa shape index (κ3) is 3.04. The molecule has 0 aliphatic carbocycles. The van der Waals surface area contributed by atoms with Crippen molar-refractivity contribution in [1.29, 1.82) is 0 Å². The lowest BCUT2D eigenvalue weighted by Crippen LogP contribution is -3.00. The van der Waals surface area contributed by atoms with Gasteiger partial charge in [-0.2, -0.15) is 0 Å². The first-order valence-corrected chi connectivity index (χ1v) is 3.68. The van der Waals surface area contributed by atoms with E-state index < -0.39 is 0 Å². The van der Waals surface area contributed by atoms with Crippen LogP contribution < -0.4 is 22.7 Å². The molecule has 0 saturated heterocycles. The van der Waals surface area contributed by atoms with Crippen molar-refractivity contribution < 1.29 is 22.7 Å². The number of halogens is 1. The number of hydrogen-bond donors (Lipinski definition) is 1. The zero-order valence-electron chi connectivity index (χ0n) is 6.76. The quantitative estimate of drug-likeness (QED) is 0.594.